The largest absolute Gasteiger partial charge is 0.508 e. The summed E-state index contributed by atoms with van der Waals surface area (Å²) in [7, 11) is 0. The van der Waals surface area contributed by atoms with E-state index in [1.54, 1.807) is 40.7 Å². The van der Waals surface area contributed by atoms with Gasteiger partial charge in [0.25, 0.3) is 0 Å². The maximum Gasteiger partial charge on any atom is 0.344 e. The first-order valence-corrected chi connectivity index (χ1v) is 26.7. The Hall–Kier alpha value is -7.13. The highest BCUT2D eigenvalue weighted by Gasteiger charge is 2.25. The van der Waals surface area contributed by atoms with Crippen molar-refractivity contribution in [2.45, 2.75) is 83.7 Å². The number of rotatable bonds is 33. The molecular formula is C52H84N14O12. The maximum absolute atomic E-state index is 13.6. The van der Waals surface area contributed by atoms with E-state index >= 15 is 0 Å². The van der Waals surface area contributed by atoms with Crippen LogP contribution in [-0.4, -0.2) is 218 Å². The van der Waals surface area contributed by atoms with Gasteiger partial charge in [0.1, 0.15) is 11.8 Å². The molecule has 1 aliphatic rings. The maximum atomic E-state index is 13.6. The number of hydrogen-bond acceptors (Lipinski definition) is 15. The molecule has 1 heterocycles. The monoisotopic (exact) mass is 1100 g/mol. The molecule has 3 rings (SSSR count). The minimum absolute atomic E-state index is 0.0284. The molecule has 26 nitrogen and oxygen atoms in total. The van der Waals surface area contributed by atoms with E-state index in [4.69, 9.17) is 5.73 Å². The number of carboxylic acids is 3. The van der Waals surface area contributed by atoms with Crippen LogP contribution in [0.25, 0.3) is 0 Å². The number of benzene rings is 2. The van der Waals surface area contributed by atoms with E-state index in [-0.39, 0.29) is 81.7 Å². The van der Waals surface area contributed by atoms with E-state index in [0.717, 1.165) is 36.1 Å². The third kappa shape index (κ3) is 29.4. The Balaban J connectivity index is 1.37. The lowest BCUT2D eigenvalue weighted by Crippen LogP contribution is -2.49. The molecule has 2 aromatic carbocycles. The van der Waals surface area contributed by atoms with Crippen molar-refractivity contribution in [1.82, 2.24) is 56.8 Å². The number of phenolic OH excluding ortho intramolecular Hbond substituents is 1. The molecule has 14 N–H and O–H groups in total. The molecule has 78 heavy (non-hydrogen) atoms. The molecule has 1 fully saturated rings. The molecule has 0 aliphatic carbocycles. The zero-order valence-corrected chi connectivity index (χ0v) is 45.2. The summed E-state index contributed by atoms with van der Waals surface area (Å²) in [6.45, 7) is 9.40. The third-order valence-electron chi connectivity index (χ3n) is 12.7. The molecule has 434 valence electrons. The van der Waals surface area contributed by atoms with Gasteiger partial charge in [-0.15, -0.1) is 0 Å². The molecule has 26 heteroatoms. The summed E-state index contributed by atoms with van der Waals surface area (Å²) in [5.41, 5.74) is 8.19. The number of nitrogens with one attached hydrogen (secondary N) is 8. The summed E-state index contributed by atoms with van der Waals surface area (Å²) in [5, 5.41) is 61.4. The Morgan fingerprint density at radius 1 is 0.590 bits per heavy atom. The SMILES string of the molecule is CCC(=O)NCCNC(=O)/N=C(/N)NCCC[C@@H](NC(=O)C(C)c1ccc(NCCCNC(=O)CCCCCNCN2CCN(CC(=O)O)CCN(CC(=O)O)CCN(CC(=O)O)CC2)cc1)C(=O)NCc1ccc(O)cc1. The van der Waals surface area contributed by atoms with Crippen LogP contribution < -0.4 is 48.3 Å². The molecule has 1 aliphatic heterocycles. The predicted molar refractivity (Wildman–Crippen MR) is 294 cm³/mol. The number of guanidine groups is 1. The van der Waals surface area contributed by atoms with E-state index in [9.17, 15) is 58.8 Å². The lowest BCUT2D eigenvalue weighted by molar-refractivity contribution is -0.140. The van der Waals surface area contributed by atoms with Gasteiger partial charge in [-0.2, -0.15) is 4.99 Å². The quantitative estimate of drug-likeness (QED) is 0.0248. The van der Waals surface area contributed by atoms with Crippen LogP contribution in [0.5, 0.6) is 5.75 Å². The summed E-state index contributed by atoms with van der Waals surface area (Å²) in [5.74, 6) is -4.52. The fraction of sp³-hybridized carbons (Fsp3) is 0.596. The van der Waals surface area contributed by atoms with Crippen LogP contribution >= 0.6 is 0 Å². The van der Waals surface area contributed by atoms with Crippen molar-refractivity contribution in [3.63, 3.8) is 0 Å². The van der Waals surface area contributed by atoms with Crippen molar-refractivity contribution in [3.8, 4) is 5.75 Å². The van der Waals surface area contributed by atoms with Crippen molar-refractivity contribution in [2.75, 3.05) is 123 Å². The van der Waals surface area contributed by atoms with Gasteiger partial charge in [0.2, 0.25) is 23.6 Å². The van der Waals surface area contributed by atoms with Crippen LogP contribution in [0.15, 0.2) is 53.5 Å². The molecule has 1 unspecified atom stereocenters. The second kappa shape index (κ2) is 37.6. The number of amides is 6. The predicted octanol–water partition coefficient (Wildman–Crippen LogP) is -0.282. The minimum atomic E-state index is -1.00. The Labute approximate surface area is 456 Å². The number of aliphatic imine (C=N–C) groups is 1. The smallest absolute Gasteiger partial charge is 0.344 e. The summed E-state index contributed by atoms with van der Waals surface area (Å²) < 4.78 is 0. The fourth-order valence-electron chi connectivity index (χ4n) is 8.11. The number of nitrogens with zero attached hydrogens (tertiary/aromatic N) is 5. The first kappa shape index (κ1) is 65.2. The Morgan fingerprint density at radius 2 is 1.14 bits per heavy atom. The molecule has 0 aromatic heterocycles. The van der Waals surface area contributed by atoms with Crippen molar-refractivity contribution in [2.24, 2.45) is 10.7 Å². The Bertz CT molecular complexity index is 2170. The van der Waals surface area contributed by atoms with Crippen molar-refractivity contribution < 1.29 is 58.8 Å². The molecule has 2 atom stereocenters. The number of nitrogens with two attached hydrogens (primary N) is 1. The van der Waals surface area contributed by atoms with E-state index in [1.807, 2.05) is 24.3 Å². The van der Waals surface area contributed by atoms with Gasteiger partial charge in [-0.05, 0) is 81.0 Å². The lowest BCUT2D eigenvalue weighted by atomic mass is 9.99. The summed E-state index contributed by atoms with van der Waals surface area (Å²) in [4.78, 5) is 109. The van der Waals surface area contributed by atoms with Gasteiger partial charge in [0, 0.05) is 117 Å². The molecule has 0 saturated carbocycles. The average Bonchev–Trinajstić information content (AvgIpc) is 3.40. The lowest BCUT2D eigenvalue weighted by Gasteiger charge is -2.33. The van der Waals surface area contributed by atoms with Crippen molar-refractivity contribution >= 4 is 59.2 Å². The second-order valence-electron chi connectivity index (χ2n) is 19.0. The zero-order valence-electron chi connectivity index (χ0n) is 45.2. The first-order chi connectivity index (χ1) is 37.4. The van der Waals surface area contributed by atoms with Crippen LogP contribution in [-0.2, 0) is 40.1 Å². The molecule has 0 radical (unpaired) electrons. The summed E-state index contributed by atoms with van der Waals surface area (Å²) in [6, 6.07) is 12.2. The normalized spacial score (nSPS) is 15.1. The highest BCUT2D eigenvalue weighted by atomic mass is 16.4. The van der Waals surface area contributed by atoms with E-state index in [0.29, 0.717) is 104 Å². The Morgan fingerprint density at radius 3 is 1.72 bits per heavy atom. The molecule has 6 amide bonds. The topological polar surface area (TPSA) is 365 Å². The van der Waals surface area contributed by atoms with Crippen molar-refractivity contribution in [3.05, 3.63) is 59.7 Å². The van der Waals surface area contributed by atoms with Gasteiger partial charge in [-0.3, -0.25) is 53.2 Å². The van der Waals surface area contributed by atoms with Gasteiger partial charge in [0.15, 0.2) is 5.96 Å². The van der Waals surface area contributed by atoms with Crippen molar-refractivity contribution in [1.29, 1.82) is 0 Å². The van der Waals surface area contributed by atoms with Gasteiger partial charge in [-0.1, -0.05) is 37.6 Å². The van der Waals surface area contributed by atoms with Crippen LogP contribution in [0.1, 0.15) is 82.3 Å². The number of anilines is 1. The highest BCUT2D eigenvalue weighted by Crippen LogP contribution is 2.19. The average molecular weight is 1100 g/mol. The number of urea groups is 1. The number of unbranched alkanes of at least 4 members (excludes halogenated alkanes) is 2. The van der Waals surface area contributed by atoms with Crippen LogP contribution in [0.3, 0.4) is 0 Å². The fourth-order valence-corrected chi connectivity index (χ4v) is 8.11. The molecule has 1 saturated heterocycles. The van der Waals surface area contributed by atoms with Crippen LogP contribution in [0.4, 0.5) is 10.5 Å². The second-order valence-corrected chi connectivity index (χ2v) is 19.0. The summed E-state index contributed by atoms with van der Waals surface area (Å²) >= 11 is 0. The van der Waals surface area contributed by atoms with Gasteiger partial charge in [0.05, 0.1) is 25.6 Å². The molecule has 0 spiro atoms. The Kier molecular flexibility index (Phi) is 31.4. The van der Waals surface area contributed by atoms with Crippen LogP contribution in [0, 0.1) is 0 Å². The number of aliphatic carboxylic acids is 3. The number of phenols is 1. The van der Waals surface area contributed by atoms with E-state index < -0.39 is 41.8 Å². The zero-order chi connectivity index (χ0) is 57.1. The number of carbonyl (C=O) groups excluding carboxylic acids is 5. The van der Waals surface area contributed by atoms with Gasteiger partial charge in [-0.25, -0.2) is 4.79 Å². The van der Waals surface area contributed by atoms with Gasteiger partial charge < -0.3 is 68.7 Å². The third-order valence-corrected chi connectivity index (χ3v) is 12.7. The number of carbonyl (C=O) groups is 8. The van der Waals surface area contributed by atoms with E-state index in [2.05, 4.69) is 52.4 Å². The van der Waals surface area contributed by atoms with Gasteiger partial charge >= 0.3 is 23.9 Å². The number of hydrogen-bond donors (Lipinski definition) is 13. The first-order valence-electron chi connectivity index (χ1n) is 26.7. The number of carboxylic acid groups (broad SMARTS) is 3. The number of aromatic hydroxyl groups is 1. The minimum Gasteiger partial charge on any atom is -0.508 e. The van der Waals surface area contributed by atoms with Crippen LogP contribution in [0.2, 0.25) is 0 Å². The van der Waals surface area contributed by atoms with E-state index in [1.165, 1.54) is 12.1 Å². The highest BCUT2D eigenvalue weighted by molar-refractivity contribution is 5.92. The summed E-state index contributed by atoms with van der Waals surface area (Å²) in [6.07, 6.45) is 4.41. The molecule has 2 aromatic rings. The molecular weight excluding hydrogens is 1010 g/mol. The standard InChI is InChI=1S/C52H84N14O12/c1-3-44(68)57-23-24-59-52(78)62-51(53)58-20-7-9-43(50(77)60-33-39-11-17-42(67)18-12-39)61-49(76)38(2)40-13-15-41(16-14-40)55-21-8-22-56-45(69)10-5-4-6-19-54-37-66-31-29-64(35-47(72)73)27-25-63(34-46(70)71)26-28-65(30-32-66)36-48(74)75/h11-18,38,43,54-55,67H,3-10,19-37H2,1-2H3,(H,56,69)(H,57,68)(H,60,77)(H,61,76)(H,70,71)(H,72,73)(H,74,75)(H4,53,58,59,62,78)/t38?,43-/m1/s1. The molecule has 0 bridgehead atoms.